The first-order valence-electron chi connectivity index (χ1n) is 9.68. The van der Waals surface area contributed by atoms with Gasteiger partial charge in [0.15, 0.2) is 11.3 Å². The van der Waals surface area contributed by atoms with E-state index in [4.69, 9.17) is 24.2 Å². The van der Waals surface area contributed by atoms with Crippen LogP contribution in [0.25, 0.3) is 16.7 Å². The number of methoxy groups -OCH3 is 1. The lowest BCUT2D eigenvalue weighted by Crippen LogP contribution is -2.41. The Bertz CT molecular complexity index is 1120. The first kappa shape index (κ1) is 20.4. The third-order valence-electron chi connectivity index (χ3n) is 5.78. The van der Waals surface area contributed by atoms with Crippen molar-refractivity contribution in [3.8, 4) is 5.75 Å². The summed E-state index contributed by atoms with van der Waals surface area (Å²) >= 11 is 0. The minimum Gasteiger partial charge on any atom is -0.496 e. The number of fused-ring (bicyclic) bond motifs is 1. The second kappa shape index (κ2) is 7.14. The number of hydrogen-bond donors (Lipinski definition) is 1. The highest BCUT2D eigenvalue weighted by Gasteiger charge is 2.54. The summed E-state index contributed by atoms with van der Waals surface area (Å²) in [6.07, 6.45) is 1.61. The van der Waals surface area contributed by atoms with Gasteiger partial charge in [-0.15, -0.1) is 0 Å². The van der Waals surface area contributed by atoms with E-state index in [0.29, 0.717) is 22.4 Å². The van der Waals surface area contributed by atoms with E-state index in [2.05, 4.69) is 4.98 Å². The fourth-order valence-electron chi connectivity index (χ4n) is 3.41. The lowest BCUT2D eigenvalue weighted by Gasteiger charge is -2.32. The number of anilines is 1. The molecule has 0 bridgehead atoms. The third-order valence-corrected chi connectivity index (χ3v) is 5.78. The van der Waals surface area contributed by atoms with Crippen molar-refractivity contribution in [2.24, 2.45) is 0 Å². The number of aromatic nitrogens is 1. The fraction of sp³-hybridized carbons (Fsp3) is 0.318. The number of ether oxygens (including phenoxy) is 1. The topological polar surface area (TPSA) is 79.7 Å². The minimum atomic E-state index is -1.23. The van der Waals surface area contributed by atoms with Crippen LogP contribution < -0.4 is 10.5 Å². The number of rotatable bonds is 4. The predicted octanol–water partition coefficient (Wildman–Crippen LogP) is 4.78. The zero-order chi connectivity index (χ0) is 21.7. The van der Waals surface area contributed by atoms with Crippen LogP contribution in [0, 0.1) is 0 Å². The van der Waals surface area contributed by atoms with Gasteiger partial charge in [0.1, 0.15) is 22.7 Å². The number of hydrogen-bond acceptors (Lipinski definition) is 6. The van der Waals surface area contributed by atoms with Gasteiger partial charge < -0.3 is 24.2 Å². The standard InChI is InChI=1S/C22H24BFN2O4/c1-21(2)22(3,4)30-23(29-21)20(24)16(13-9-6-7-10-14(13)27-5)19-17(25)18-15(28-19)11-8-12-26-18/h6-12H,25H2,1-5H3. The molecule has 30 heavy (non-hydrogen) atoms. The lowest BCUT2D eigenvalue weighted by molar-refractivity contribution is 0.00578. The van der Waals surface area contributed by atoms with Crippen molar-refractivity contribution >= 4 is 29.5 Å². The van der Waals surface area contributed by atoms with E-state index in [9.17, 15) is 0 Å². The molecule has 156 valence electrons. The number of halogens is 1. The van der Waals surface area contributed by atoms with Crippen molar-refractivity contribution < 1.29 is 22.9 Å². The highest BCUT2D eigenvalue weighted by atomic mass is 19.1. The number of para-hydroxylation sites is 1. The lowest BCUT2D eigenvalue weighted by atomic mass is 9.81. The Hall–Kier alpha value is -2.84. The molecule has 1 saturated heterocycles. The largest absolute Gasteiger partial charge is 0.526 e. The second-order valence-electron chi connectivity index (χ2n) is 8.21. The van der Waals surface area contributed by atoms with Crippen LogP contribution in [0.4, 0.5) is 10.1 Å². The van der Waals surface area contributed by atoms with E-state index < -0.39 is 24.0 Å². The second-order valence-corrected chi connectivity index (χ2v) is 8.21. The molecule has 1 aliphatic heterocycles. The summed E-state index contributed by atoms with van der Waals surface area (Å²) in [5.74, 6) is 0.618. The third kappa shape index (κ3) is 3.16. The summed E-state index contributed by atoms with van der Waals surface area (Å²) in [6, 6.07) is 10.5. The SMILES string of the molecule is COc1ccccc1C(=C(F)B1OC(C)(C)C(C)(C)O1)c1oc2cccnc2c1N. The molecule has 0 unspecified atom stereocenters. The zero-order valence-corrected chi connectivity index (χ0v) is 17.7. The van der Waals surface area contributed by atoms with E-state index in [0.717, 1.165) is 0 Å². The van der Waals surface area contributed by atoms with Crippen LogP contribution in [0.3, 0.4) is 0 Å². The van der Waals surface area contributed by atoms with Gasteiger partial charge in [0.25, 0.3) is 0 Å². The Labute approximate surface area is 175 Å². The van der Waals surface area contributed by atoms with Gasteiger partial charge in [-0.05, 0) is 45.9 Å². The molecule has 1 aromatic carbocycles. The molecule has 2 aromatic heterocycles. The van der Waals surface area contributed by atoms with Crippen LogP contribution in [-0.4, -0.2) is 30.4 Å². The van der Waals surface area contributed by atoms with Crippen LogP contribution in [0.15, 0.2) is 52.7 Å². The molecular weight excluding hydrogens is 386 g/mol. The maximum absolute atomic E-state index is 16.1. The number of furan rings is 1. The Morgan fingerprint density at radius 1 is 1.07 bits per heavy atom. The van der Waals surface area contributed by atoms with Crippen molar-refractivity contribution in [2.45, 2.75) is 38.9 Å². The number of pyridine rings is 1. The number of nitrogens with two attached hydrogens (primary N) is 1. The summed E-state index contributed by atoms with van der Waals surface area (Å²) in [7, 11) is 0.294. The van der Waals surface area contributed by atoms with Crippen molar-refractivity contribution in [2.75, 3.05) is 12.8 Å². The molecule has 0 spiro atoms. The van der Waals surface area contributed by atoms with E-state index in [-0.39, 0.29) is 17.0 Å². The van der Waals surface area contributed by atoms with Crippen LogP contribution in [0.2, 0.25) is 0 Å². The van der Waals surface area contributed by atoms with E-state index in [1.165, 1.54) is 7.11 Å². The average Bonchev–Trinajstić information content (AvgIpc) is 3.15. The van der Waals surface area contributed by atoms with Gasteiger partial charge in [-0.25, -0.2) is 4.39 Å². The summed E-state index contributed by atoms with van der Waals surface area (Å²) in [5.41, 5.74) is 6.00. The summed E-state index contributed by atoms with van der Waals surface area (Å²) in [6.45, 7) is 7.45. The molecule has 4 rings (SSSR count). The molecule has 0 saturated carbocycles. The van der Waals surface area contributed by atoms with Gasteiger partial charge >= 0.3 is 7.12 Å². The van der Waals surface area contributed by atoms with Gasteiger partial charge in [-0.3, -0.25) is 4.98 Å². The van der Waals surface area contributed by atoms with Crippen LogP contribution in [0.1, 0.15) is 39.0 Å². The number of nitrogens with zero attached hydrogens (tertiary/aromatic N) is 1. The highest BCUT2D eigenvalue weighted by molar-refractivity contribution is 6.55. The molecule has 0 amide bonds. The summed E-state index contributed by atoms with van der Waals surface area (Å²) in [4.78, 5) is 4.27. The zero-order valence-electron chi connectivity index (χ0n) is 17.7. The number of nitrogen functional groups attached to an aromatic ring is 1. The molecule has 0 atom stereocenters. The first-order chi connectivity index (χ1) is 14.2. The van der Waals surface area contributed by atoms with Crippen LogP contribution in [0.5, 0.6) is 5.75 Å². The smallest absolute Gasteiger partial charge is 0.496 e. The molecule has 3 aromatic rings. The normalized spacial score (nSPS) is 18.5. The van der Waals surface area contributed by atoms with Gasteiger partial charge in [-0.2, -0.15) is 0 Å². The molecule has 3 heterocycles. The van der Waals surface area contributed by atoms with Gasteiger partial charge in [0.05, 0.1) is 23.9 Å². The molecule has 6 nitrogen and oxygen atoms in total. The first-order valence-corrected chi connectivity index (χ1v) is 9.68. The van der Waals surface area contributed by atoms with E-state index >= 15 is 4.39 Å². The predicted molar refractivity (Wildman–Crippen MR) is 115 cm³/mol. The molecular formula is C22H24BFN2O4. The summed E-state index contributed by atoms with van der Waals surface area (Å²) in [5, 5.41) is 0. The fourth-order valence-corrected chi connectivity index (χ4v) is 3.41. The molecule has 1 aliphatic rings. The quantitative estimate of drug-likeness (QED) is 0.624. The average molecular weight is 410 g/mol. The monoisotopic (exact) mass is 410 g/mol. The maximum atomic E-state index is 16.1. The van der Waals surface area contributed by atoms with E-state index in [1.807, 2.05) is 27.7 Å². The molecule has 0 aliphatic carbocycles. The van der Waals surface area contributed by atoms with Crippen molar-refractivity contribution in [3.05, 3.63) is 59.6 Å². The summed E-state index contributed by atoms with van der Waals surface area (Å²) < 4.78 is 39.4. The van der Waals surface area contributed by atoms with Crippen LogP contribution in [-0.2, 0) is 9.31 Å². The molecule has 0 radical (unpaired) electrons. The van der Waals surface area contributed by atoms with Crippen LogP contribution >= 0.6 is 0 Å². The molecule has 8 heteroatoms. The Morgan fingerprint density at radius 2 is 1.73 bits per heavy atom. The van der Waals surface area contributed by atoms with E-state index in [1.54, 1.807) is 42.6 Å². The maximum Gasteiger partial charge on any atom is 0.526 e. The van der Waals surface area contributed by atoms with Gasteiger partial charge in [0.2, 0.25) is 0 Å². The van der Waals surface area contributed by atoms with Gasteiger partial charge in [0, 0.05) is 11.8 Å². The van der Waals surface area contributed by atoms with Crippen molar-refractivity contribution in [3.63, 3.8) is 0 Å². The van der Waals surface area contributed by atoms with Gasteiger partial charge in [-0.1, -0.05) is 18.2 Å². The molecule has 1 fully saturated rings. The highest BCUT2D eigenvalue weighted by Crippen LogP contribution is 2.44. The Kier molecular flexibility index (Phi) is 4.87. The van der Waals surface area contributed by atoms with Crippen molar-refractivity contribution in [1.29, 1.82) is 0 Å². The Morgan fingerprint density at radius 3 is 2.37 bits per heavy atom. The number of benzene rings is 1. The molecule has 2 N–H and O–H groups in total. The van der Waals surface area contributed by atoms with Crippen molar-refractivity contribution in [1.82, 2.24) is 4.98 Å². The minimum absolute atomic E-state index is 0.112. The Balaban J connectivity index is 1.97.